The van der Waals surface area contributed by atoms with Crippen LogP contribution in [0, 0.1) is 0 Å². The van der Waals surface area contributed by atoms with Gasteiger partial charge in [-0.05, 0) is 37.3 Å². The molecule has 3 heterocycles. The first-order valence-corrected chi connectivity index (χ1v) is 8.60. The first-order chi connectivity index (χ1) is 13.1. The monoisotopic (exact) mass is 362 g/mol. The summed E-state index contributed by atoms with van der Waals surface area (Å²) in [5, 5.41) is 2.87. The molecule has 0 fully saturated rings. The molecule has 136 valence electrons. The second-order valence-electron chi connectivity index (χ2n) is 6.27. The van der Waals surface area contributed by atoms with E-state index in [1.165, 1.54) is 10.6 Å². The number of benzene rings is 1. The van der Waals surface area contributed by atoms with Gasteiger partial charge in [-0.1, -0.05) is 18.2 Å². The Balaban J connectivity index is 1.46. The van der Waals surface area contributed by atoms with Crippen LogP contribution < -0.4 is 10.9 Å². The van der Waals surface area contributed by atoms with Crippen LogP contribution >= 0.6 is 0 Å². The lowest BCUT2D eigenvalue weighted by Crippen LogP contribution is -2.27. The summed E-state index contributed by atoms with van der Waals surface area (Å²) in [4.78, 5) is 31.9. The van der Waals surface area contributed by atoms with Crippen molar-refractivity contribution in [3.05, 3.63) is 88.5 Å². The number of nitrogens with one attached hydrogen (secondary N) is 2. The third-order valence-corrected chi connectivity index (χ3v) is 4.28. The minimum absolute atomic E-state index is 0.126. The Hall–Kier alpha value is -3.61. The molecule has 27 heavy (non-hydrogen) atoms. The van der Waals surface area contributed by atoms with Crippen LogP contribution in [0.1, 0.15) is 35.1 Å². The van der Waals surface area contributed by atoms with Crippen LogP contribution in [0.2, 0.25) is 0 Å². The van der Waals surface area contributed by atoms with E-state index in [2.05, 4.69) is 15.3 Å². The topological polar surface area (TPSA) is 92.9 Å². The minimum Gasteiger partial charge on any atom is -0.454 e. The molecule has 0 aliphatic rings. The number of carbonyl (C=O) groups excluding carboxylic acids is 1. The largest absolute Gasteiger partial charge is 0.454 e. The highest BCUT2D eigenvalue weighted by Gasteiger charge is 2.17. The van der Waals surface area contributed by atoms with Crippen molar-refractivity contribution in [1.82, 2.24) is 19.9 Å². The summed E-state index contributed by atoms with van der Waals surface area (Å²) in [7, 11) is 0. The highest BCUT2D eigenvalue weighted by molar-refractivity contribution is 5.91. The van der Waals surface area contributed by atoms with Gasteiger partial charge in [-0.2, -0.15) is 0 Å². The third kappa shape index (κ3) is 3.52. The quantitative estimate of drug-likeness (QED) is 0.571. The van der Waals surface area contributed by atoms with E-state index in [4.69, 9.17) is 4.42 Å². The van der Waals surface area contributed by atoms with Crippen molar-refractivity contribution in [2.75, 3.05) is 0 Å². The highest BCUT2D eigenvalue weighted by Crippen LogP contribution is 2.16. The molecule has 0 saturated heterocycles. The molecule has 0 spiro atoms. The van der Waals surface area contributed by atoms with E-state index in [1.807, 2.05) is 31.2 Å². The molecule has 4 aromatic rings. The van der Waals surface area contributed by atoms with Crippen LogP contribution in [0.5, 0.6) is 0 Å². The summed E-state index contributed by atoms with van der Waals surface area (Å²) >= 11 is 0. The molecular weight excluding hydrogens is 344 g/mol. The van der Waals surface area contributed by atoms with Gasteiger partial charge in [0.15, 0.2) is 5.76 Å². The number of H-pyrrole nitrogens is 1. The highest BCUT2D eigenvalue weighted by atomic mass is 16.4. The number of hydrogen-bond acceptors (Lipinski definition) is 4. The van der Waals surface area contributed by atoms with Gasteiger partial charge >= 0.3 is 0 Å². The lowest BCUT2D eigenvalue weighted by Gasteiger charge is -2.10. The van der Waals surface area contributed by atoms with Crippen LogP contribution in [-0.2, 0) is 6.54 Å². The fourth-order valence-electron chi connectivity index (χ4n) is 2.86. The number of imidazole rings is 1. The van der Waals surface area contributed by atoms with Crippen molar-refractivity contribution in [2.24, 2.45) is 0 Å². The lowest BCUT2D eigenvalue weighted by molar-refractivity contribution is 0.0908. The van der Waals surface area contributed by atoms with Crippen molar-refractivity contribution in [3.63, 3.8) is 0 Å². The second kappa shape index (κ2) is 6.95. The number of para-hydroxylation sites is 2. The Morgan fingerprint density at radius 3 is 2.81 bits per heavy atom. The maximum Gasteiger partial charge on any atom is 0.287 e. The molecule has 7 nitrogen and oxygen atoms in total. The number of pyridine rings is 1. The molecule has 0 radical (unpaired) electrons. The maximum atomic E-state index is 12.5. The summed E-state index contributed by atoms with van der Waals surface area (Å²) in [6, 6.07) is 15.6. The zero-order valence-electron chi connectivity index (χ0n) is 14.7. The smallest absolute Gasteiger partial charge is 0.287 e. The number of aromatic amines is 1. The van der Waals surface area contributed by atoms with E-state index in [0.717, 1.165) is 11.0 Å². The summed E-state index contributed by atoms with van der Waals surface area (Å²) in [5.41, 5.74) is 1.64. The van der Waals surface area contributed by atoms with Gasteiger partial charge in [0, 0.05) is 12.3 Å². The van der Waals surface area contributed by atoms with E-state index < -0.39 is 0 Å². The average molecular weight is 362 g/mol. The van der Waals surface area contributed by atoms with Crippen molar-refractivity contribution in [2.45, 2.75) is 19.5 Å². The molecular formula is C20H18N4O3. The predicted molar refractivity (Wildman–Crippen MR) is 100 cm³/mol. The fourth-order valence-corrected chi connectivity index (χ4v) is 2.86. The number of fused-ring (bicyclic) bond motifs is 1. The average Bonchev–Trinajstić information content (AvgIpc) is 3.30. The number of amides is 1. The first kappa shape index (κ1) is 16.8. The summed E-state index contributed by atoms with van der Waals surface area (Å²) < 4.78 is 7.11. The van der Waals surface area contributed by atoms with Gasteiger partial charge in [-0.15, -0.1) is 0 Å². The second-order valence-corrected chi connectivity index (χ2v) is 6.27. The number of aromatic nitrogens is 3. The Morgan fingerprint density at radius 1 is 1.19 bits per heavy atom. The van der Waals surface area contributed by atoms with Crippen molar-refractivity contribution >= 4 is 16.9 Å². The van der Waals surface area contributed by atoms with Crippen molar-refractivity contribution in [3.8, 4) is 0 Å². The Morgan fingerprint density at radius 2 is 2.00 bits per heavy atom. The van der Waals surface area contributed by atoms with Crippen LogP contribution in [0.25, 0.3) is 11.0 Å². The van der Waals surface area contributed by atoms with Crippen LogP contribution in [0.3, 0.4) is 0 Å². The predicted octanol–water partition coefficient (Wildman–Crippen LogP) is 2.86. The van der Waals surface area contributed by atoms with Crippen molar-refractivity contribution in [1.29, 1.82) is 0 Å². The molecule has 0 aliphatic carbocycles. The van der Waals surface area contributed by atoms with Gasteiger partial charge < -0.3 is 19.3 Å². The molecule has 1 unspecified atom stereocenters. The lowest BCUT2D eigenvalue weighted by atomic mass is 10.3. The Kier molecular flexibility index (Phi) is 4.33. The molecule has 0 aliphatic heterocycles. The van der Waals surface area contributed by atoms with Crippen molar-refractivity contribution < 1.29 is 9.21 Å². The zero-order valence-corrected chi connectivity index (χ0v) is 14.7. The number of carbonyl (C=O) groups is 1. The summed E-state index contributed by atoms with van der Waals surface area (Å²) in [6.45, 7) is 2.12. The molecule has 2 N–H and O–H groups in total. The maximum absolute atomic E-state index is 12.5. The van der Waals surface area contributed by atoms with Crippen LogP contribution in [0.4, 0.5) is 0 Å². The fraction of sp³-hybridized carbons (Fsp3) is 0.150. The van der Waals surface area contributed by atoms with Gasteiger partial charge in [0.25, 0.3) is 11.5 Å². The third-order valence-electron chi connectivity index (χ3n) is 4.28. The van der Waals surface area contributed by atoms with E-state index >= 15 is 0 Å². The van der Waals surface area contributed by atoms with Gasteiger partial charge in [-0.25, -0.2) is 4.98 Å². The van der Waals surface area contributed by atoms with E-state index in [1.54, 1.807) is 30.5 Å². The van der Waals surface area contributed by atoms with E-state index in [0.29, 0.717) is 11.6 Å². The minimum atomic E-state index is -0.338. The molecule has 0 bridgehead atoms. The molecule has 1 atom stereocenters. The molecule has 1 amide bonds. The summed E-state index contributed by atoms with van der Waals surface area (Å²) in [6.07, 6.45) is 1.67. The zero-order chi connectivity index (χ0) is 18.8. The SMILES string of the molecule is CC(NC(=O)c1ccc(Cn2ccccc2=O)o1)c1nc2ccccc2[nH]1. The number of furan rings is 1. The van der Waals surface area contributed by atoms with Crippen LogP contribution in [0.15, 0.2) is 70.0 Å². The Labute approximate surface area is 154 Å². The number of nitrogens with zero attached hydrogens (tertiary/aromatic N) is 2. The van der Waals surface area contributed by atoms with Gasteiger partial charge in [-0.3, -0.25) is 9.59 Å². The number of hydrogen-bond donors (Lipinski definition) is 2. The summed E-state index contributed by atoms with van der Waals surface area (Å²) in [5.74, 6) is 1.06. The van der Waals surface area contributed by atoms with E-state index in [9.17, 15) is 9.59 Å². The van der Waals surface area contributed by atoms with E-state index in [-0.39, 0.29) is 29.8 Å². The van der Waals surface area contributed by atoms with Gasteiger partial charge in [0.1, 0.15) is 11.6 Å². The molecule has 4 rings (SSSR count). The molecule has 0 saturated carbocycles. The normalized spacial score (nSPS) is 12.2. The Bertz CT molecular complexity index is 1120. The van der Waals surface area contributed by atoms with Crippen LogP contribution in [-0.4, -0.2) is 20.4 Å². The van der Waals surface area contributed by atoms with Gasteiger partial charge in [0.05, 0.1) is 23.6 Å². The first-order valence-electron chi connectivity index (χ1n) is 8.60. The molecule has 7 heteroatoms. The molecule has 1 aromatic carbocycles. The standard InChI is InChI=1S/C20H18N4O3/c1-13(19-22-15-6-2-3-7-16(15)23-19)21-20(26)17-10-9-14(27-17)12-24-11-5-4-8-18(24)25/h2-11,13H,12H2,1H3,(H,21,26)(H,22,23). The molecule has 3 aromatic heterocycles. The van der Waals surface area contributed by atoms with Gasteiger partial charge in [0.2, 0.25) is 0 Å². The number of rotatable bonds is 5.